The van der Waals surface area contributed by atoms with E-state index in [0.717, 1.165) is 27.0 Å². The van der Waals surface area contributed by atoms with Crippen molar-refractivity contribution in [3.05, 3.63) is 65.2 Å². The molecule has 1 heterocycles. The molecule has 0 saturated carbocycles. The van der Waals surface area contributed by atoms with Crippen molar-refractivity contribution in [3.63, 3.8) is 0 Å². The molecule has 0 radical (unpaired) electrons. The summed E-state index contributed by atoms with van der Waals surface area (Å²) in [5.74, 6) is 0. The van der Waals surface area contributed by atoms with Crippen LogP contribution in [0.1, 0.15) is 5.56 Å². The van der Waals surface area contributed by atoms with Gasteiger partial charge in [0.1, 0.15) is 5.03 Å². The second kappa shape index (κ2) is 6.48. The Labute approximate surface area is 133 Å². The third-order valence-electron chi connectivity index (χ3n) is 3.16. The van der Waals surface area contributed by atoms with E-state index in [-0.39, 0.29) is 0 Å². The molecule has 0 unspecified atom stereocenters. The lowest BCUT2D eigenvalue weighted by Crippen LogP contribution is -2.07. The highest BCUT2D eigenvalue weighted by Gasteiger charge is 2.08. The van der Waals surface area contributed by atoms with Crippen LogP contribution < -0.4 is 5.32 Å². The van der Waals surface area contributed by atoms with Gasteiger partial charge in [-0.25, -0.2) is 4.98 Å². The van der Waals surface area contributed by atoms with Crippen LogP contribution in [0.25, 0.3) is 10.9 Å². The number of para-hydroxylation sites is 1. The van der Waals surface area contributed by atoms with Gasteiger partial charge in [0.05, 0.1) is 5.52 Å². The van der Waals surface area contributed by atoms with Crippen molar-refractivity contribution < 1.29 is 0 Å². The summed E-state index contributed by atoms with van der Waals surface area (Å²) in [7, 11) is 1.95. The fourth-order valence-corrected chi connectivity index (χ4v) is 3.19. The van der Waals surface area contributed by atoms with Crippen LogP contribution in [0.4, 0.5) is 0 Å². The Bertz CT molecular complexity index is 756. The summed E-state index contributed by atoms with van der Waals surface area (Å²) in [6.45, 7) is 0.799. The smallest absolute Gasteiger partial charge is 0.106 e. The van der Waals surface area contributed by atoms with Gasteiger partial charge in [-0.3, -0.25) is 0 Å². The van der Waals surface area contributed by atoms with Crippen LogP contribution in [0.15, 0.2) is 64.5 Å². The van der Waals surface area contributed by atoms with E-state index >= 15 is 0 Å². The summed E-state index contributed by atoms with van der Waals surface area (Å²) in [5.41, 5.74) is 2.23. The summed E-state index contributed by atoms with van der Waals surface area (Å²) in [6.07, 6.45) is 0. The third-order valence-corrected chi connectivity index (χ3v) is 4.47. The fourth-order valence-electron chi connectivity index (χ4n) is 2.16. The zero-order chi connectivity index (χ0) is 14.7. The molecule has 3 rings (SSSR count). The monoisotopic (exact) mass is 314 g/mol. The quantitative estimate of drug-likeness (QED) is 0.751. The molecule has 0 aliphatic heterocycles. The van der Waals surface area contributed by atoms with Gasteiger partial charge in [-0.1, -0.05) is 41.6 Å². The molecule has 0 bridgehead atoms. The first-order valence-electron chi connectivity index (χ1n) is 6.73. The van der Waals surface area contributed by atoms with Crippen LogP contribution in [-0.2, 0) is 6.54 Å². The minimum Gasteiger partial charge on any atom is -0.316 e. The van der Waals surface area contributed by atoms with Crippen LogP contribution in [0.2, 0.25) is 5.02 Å². The van der Waals surface area contributed by atoms with Gasteiger partial charge in [0.15, 0.2) is 0 Å². The van der Waals surface area contributed by atoms with E-state index in [1.54, 1.807) is 11.8 Å². The number of fused-ring (bicyclic) bond motifs is 1. The fraction of sp³-hybridized carbons (Fsp3) is 0.118. The highest BCUT2D eigenvalue weighted by atomic mass is 35.5. The van der Waals surface area contributed by atoms with Crippen LogP contribution in [0.3, 0.4) is 0 Å². The number of hydrogen-bond acceptors (Lipinski definition) is 3. The topological polar surface area (TPSA) is 24.9 Å². The summed E-state index contributed by atoms with van der Waals surface area (Å²) < 4.78 is 0. The van der Waals surface area contributed by atoms with Gasteiger partial charge < -0.3 is 5.32 Å². The average Bonchev–Trinajstić information content (AvgIpc) is 2.50. The van der Waals surface area contributed by atoms with Crippen molar-refractivity contribution in [2.24, 2.45) is 0 Å². The molecule has 0 aliphatic rings. The third kappa shape index (κ3) is 3.38. The van der Waals surface area contributed by atoms with Crippen LogP contribution in [0, 0.1) is 0 Å². The summed E-state index contributed by atoms with van der Waals surface area (Å²) >= 11 is 7.61. The van der Waals surface area contributed by atoms with Gasteiger partial charge in [-0.2, -0.15) is 0 Å². The molecule has 0 atom stereocenters. The number of rotatable bonds is 4. The number of aromatic nitrogens is 1. The van der Waals surface area contributed by atoms with Crippen molar-refractivity contribution in [2.75, 3.05) is 7.05 Å². The number of nitrogens with one attached hydrogen (secondary N) is 1. The zero-order valence-corrected chi connectivity index (χ0v) is 13.2. The maximum atomic E-state index is 5.94. The van der Waals surface area contributed by atoms with Crippen molar-refractivity contribution in [1.29, 1.82) is 0 Å². The van der Waals surface area contributed by atoms with E-state index in [4.69, 9.17) is 16.6 Å². The predicted octanol–water partition coefficient (Wildman–Crippen LogP) is 4.76. The average molecular weight is 315 g/mol. The summed E-state index contributed by atoms with van der Waals surface area (Å²) in [6, 6.07) is 18.3. The first kappa shape index (κ1) is 14.4. The van der Waals surface area contributed by atoms with Gasteiger partial charge in [-0.05, 0) is 49.0 Å². The molecule has 21 heavy (non-hydrogen) atoms. The van der Waals surface area contributed by atoms with Crippen molar-refractivity contribution in [3.8, 4) is 0 Å². The molecule has 106 valence electrons. The van der Waals surface area contributed by atoms with Crippen LogP contribution >= 0.6 is 23.4 Å². The van der Waals surface area contributed by atoms with E-state index in [2.05, 4.69) is 17.4 Å². The van der Waals surface area contributed by atoms with Crippen molar-refractivity contribution >= 4 is 34.3 Å². The number of benzene rings is 2. The van der Waals surface area contributed by atoms with E-state index in [1.165, 1.54) is 10.9 Å². The Hall–Kier alpha value is -1.55. The molecule has 0 fully saturated rings. The first-order chi connectivity index (χ1) is 10.3. The molecule has 3 aromatic rings. The zero-order valence-electron chi connectivity index (χ0n) is 11.6. The van der Waals surface area contributed by atoms with Crippen molar-refractivity contribution in [2.45, 2.75) is 16.5 Å². The van der Waals surface area contributed by atoms with Gasteiger partial charge in [-0.15, -0.1) is 0 Å². The molecule has 1 N–H and O–H groups in total. The standard InChI is InChI=1S/C17H15ClN2S/c1-19-11-13-10-12-4-2-3-5-16(12)20-17(13)21-15-8-6-14(18)7-9-15/h2-10,19H,11H2,1H3. The molecule has 0 amide bonds. The largest absolute Gasteiger partial charge is 0.316 e. The highest BCUT2D eigenvalue weighted by molar-refractivity contribution is 7.99. The molecular weight excluding hydrogens is 300 g/mol. The highest BCUT2D eigenvalue weighted by Crippen LogP contribution is 2.31. The van der Waals surface area contributed by atoms with Gasteiger partial charge in [0, 0.05) is 21.8 Å². The lowest BCUT2D eigenvalue weighted by Gasteiger charge is -2.10. The molecule has 4 heteroatoms. The molecule has 0 saturated heterocycles. The Morgan fingerprint density at radius 1 is 1.10 bits per heavy atom. The van der Waals surface area contributed by atoms with Crippen molar-refractivity contribution in [1.82, 2.24) is 10.3 Å². The SMILES string of the molecule is CNCc1cc2ccccc2nc1Sc1ccc(Cl)cc1. The van der Waals surface area contributed by atoms with Gasteiger partial charge in [0.2, 0.25) is 0 Å². The lowest BCUT2D eigenvalue weighted by atomic mass is 10.1. The molecule has 2 nitrogen and oxygen atoms in total. The minimum absolute atomic E-state index is 0.751. The second-order valence-corrected chi connectivity index (χ2v) is 6.23. The summed E-state index contributed by atoms with van der Waals surface area (Å²) in [4.78, 5) is 5.94. The Morgan fingerprint density at radius 2 is 1.86 bits per heavy atom. The Morgan fingerprint density at radius 3 is 2.62 bits per heavy atom. The van der Waals surface area contributed by atoms with Crippen LogP contribution in [0.5, 0.6) is 0 Å². The Balaban J connectivity index is 2.02. The normalized spacial score (nSPS) is 11.0. The minimum atomic E-state index is 0.751. The van der Waals surface area contributed by atoms with E-state index < -0.39 is 0 Å². The number of halogens is 1. The number of pyridine rings is 1. The molecule has 0 spiro atoms. The summed E-state index contributed by atoms with van der Waals surface area (Å²) in [5, 5.41) is 6.16. The van der Waals surface area contributed by atoms with Crippen LogP contribution in [-0.4, -0.2) is 12.0 Å². The predicted molar refractivity (Wildman–Crippen MR) is 90.1 cm³/mol. The number of hydrogen-bond donors (Lipinski definition) is 1. The molecule has 0 aliphatic carbocycles. The Kier molecular flexibility index (Phi) is 4.44. The molecule has 1 aromatic heterocycles. The number of nitrogens with zero attached hydrogens (tertiary/aromatic N) is 1. The molecule has 2 aromatic carbocycles. The second-order valence-electron chi connectivity index (χ2n) is 4.73. The van der Waals surface area contributed by atoms with E-state index in [9.17, 15) is 0 Å². The molecular formula is C17H15ClN2S. The van der Waals surface area contributed by atoms with Gasteiger partial charge >= 0.3 is 0 Å². The first-order valence-corrected chi connectivity index (χ1v) is 7.92. The maximum absolute atomic E-state index is 5.94. The van der Waals surface area contributed by atoms with Gasteiger partial charge in [0.25, 0.3) is 0 Å². The van der Waals surface area contributed by atoms with E-state index in [1.807, 2.05) is 49.5 Å². The maximum Gasteiger partial charge on any atom is 0.106 e. The lowest BCUT2D eigenvalue weighted by molar-refractivity contribution is 0.794. The van der Waals surface area contributed by atoms with E-state index in [0.29, 0.717) is 0 Å².